The van der Waals surface area contributed by atoms with Crippen LogP contribution in [0.15, 0.2) is 23.1 Å². The van der Waals surface area contributed by atoms with E-state index in [1.807, 2.05) is 13.8 Å². The van der Waals surface area contributed by atoms with Crippen LogP contribution in [0, 0.1) is 17.6 Å². The fourth-order valence-electron chi connectivity index (χ4n) is 2.64. The molecule has 1 aromatic carbocycles. The summed E-state index contributed by atoms with van der Waals surface area (Å²) < 4.78 is 53.1. The van der Waals surface area contributed by atoms with Crippen molar-refractivity contribution in [2.24, 2.45) is 5.92 Å². The second kappa shape index (κ2) is 7.57. The zero-order valence-corrected chi connectivity index (χ0v) is 14.6. The van der Waals surface area contributed by atoms with Gasteiger partial charge in [-0.2, -0.15) is 4.31 Å². The Bertz CT molecular complexity index is 701. The van der Waals surface area contributed by atoms with Crippen LogP contribution < -0.4 is 5.32 Å². The highest BCUT2D eigenvalue weighted by molar-refractivity contribution is 7.89. The average molecular weight is 360 g/mol. The molecule has 0 saturated carbocycles. The molecule has 0 aliphatic carbocycles. The van der Waals surface area contributed by atoms with Crippen molar-refractivity contribution >= 4 is 15.9 Å². The van der Waals surface area contributed by atoms with Gasteiger partial charge < -0.3 is 5.32 Å². The molecule has 0 aromatic heterocycles. The van der Waals surface area contributed by atoms with Crippen LogP contribution >= 0.6 is 0 Å². The number of rotatable bonds is 5. The maximum atomic E-state index is 13.8. The lowest BCUT2D eigenvalue weighted by molar-refractivity contribution is -0.126. The lowest BCUT2D eigenvalue weighted by Gasteiger charge is -2.31. The monoisotopic (exact) mass is 360 g/mol. The molecule has 24 heavy (non-hydrogen) atoms. The van der Waals surface area contributed by atoms with Crippen molar-refractivity contribution in [1.29, 1.82) is 0 Å². The highest BCUT2D eigenvalue weighted by Gasteiger charge is 2.33. The fraction of sp³-hybridized carbons (Fsp3) is 0.562. The SMILES string of the molecule is CC[C@@H](C)NC(=O)C1CCN(S(=O)(=O)c2cc(F)ccc2F)CC1. The van der Waals surface area contributed by atoms with Gasteiger partial charge >= 0.3 is 0 Å². The molecule has 1 aromatic rings. The number of amides is 1. The van der Waals surface area contributed by atoms with E-state index in [2.05, 4.69) is 5.32 Å². The Kier molecular flexibility index (Phi) is 5.92. The number of sulfonamides is 1. The molecule has 1 N–H and O–H groups in total. The zero-order valence-electron chi connectivity index (χ0n) is 13.8. The number of hydrogen-bond donors (Lipinski definition) is 1. The molecule has 1 aliphatic rings. The van der Waals surface area contributed by atoms with Gasteiger partial charge in [-0.3, -0.25) is 4.79 Å². The number of hydrogen-bond acceptors (Lipinski definition) is 3. The molecule has 1 fully saturated rings. The number of nitrogens with zero attached hydrogens (tertiary/aromatic N) is 1. The predicted octanol–water partition coefficient (Wildman–Crippen LogP) is 2.28. The Morgan fingerprint density at radius 1 is 1.33 bits per heavy atom. The first-order valence-electron chi connectivity index (χ1n) is 8.01. The highest BCUT2D eigenvalue weighted by atomic mass is 32.2. The summed E-state index contributed by atoms with van der Waals surface area (Å²) in [5, 5.41) is 2.88. The van der Waals surface area contributed by atoms with E-state index in [9.17, 15) is 22.0 Å². The Balaban J connectivity index is 2.06. The Labute approximate surface area is 141 Å². The minimum atomic E-state index is -4.11. The summed E-state index contributed by atoms with van der Waals surface area (Å²) in [6.45, 7) is 4.09. The Hall–Kier alpha value is -1.54. The molecule has 8 heteroatoms. The van der Waals surface area contributed by atoms with Gasteiger partial charge in [0.1, 0.15) is 16.5 Å². The standard InChI is InChI=1S/C16H22F2N2O3S/c1-3-11(2)19-16(21)12-6-8-20(9-7-12)24(22,23)15-10-13(17)4-5-14(15)18/h4-5,10-12H,3,6-9H2,1-2H3,(H,19,21)/t11-/m1/s1. The summed E-state index contributed by atoms with van der Waals surface area (Å²) in [7, 11) is -4.11. The van der Waals surface area contributed by atoms with Crippen molar-refractivity contribution in [3.05, 3.63) is 29.8 Å². The third-order valence-corrected chi connectivity index (χ3v) is 6.25. The van der Waals surface area contributed by atoms with Gasteiger partial charge in [-0.1, -0.05) is 6.92 Å². The molecule has 1 saturated heterocycles. The summed E-state index contributed by atoms with van der Waals surface area (Å²) in [5.74, 6) is -2.13. The Morgan fingerprint density at radius 2 is 1.96 bits per heavy atom. The van der Waals surface area contributed by atoms with Crippen LogP contribution in [0.5, 0.6) is 0 Å². The molecule has 1 amide bonds. The van der Waals surface area contributed by atoms with E-state index < -0.39 is 26.6 Å². The maximum absolute atomic E-state index is 13.8. The van der Waals surface area contributed by atoms with E-state index in [-0.39, 0.29) is 31.0 Å². The van der Waals surface area contributed by atoms with E-state index >= 15 is 0 Å². The average Bonchev–Trinajstić information content (AvgIpc) is 2.56. The van der Waals surface area contributed by atoms with Crippen molar-refractivity contribution in [3.8, 4) is 0 Å². The normalized spacial score (nSPS) is 18.3. The molecule has 1 heterocycles. The molecule has 0 spiro atoms. The first-order chi connectivity index (χ1) is 11.3. The van der Waals surface area contributed by atoms with Crippen LogP contribution in [0.2, 0.25) is 0 Å². The largest absolute Gasteiger partial charge is 0.353 e. The summed E-state index contributed by atoms with van der Waals surface area (Å²) in [6, 6.07) is 2.43. The van der Waals surface area contributed by atoms with E-state index in [0.717, 1.165) is 22.9 Å². The molecule has 2 rings (SSSR count). The molecule has 0 bridgehead atoms. The quantitative estimate of drug-likeness (QED) is 0.876. The zero-order chi connectivity index (χ0) is 17.9. The first-order valence-corrected chi connectivity index (χ1v) is 9.45. The number of nitrogens with one attached hydrogen (secondary N) is 1. The molecule has 1 atom stereocenters. The van der Waals surface area contributed by atoms with Gasteiger partial charge in [0, 0.05) is 25.0 Å². The minimum absolute atomic E-state index is 0.0700. The van der Waals surface area contributed by atoms with E-state index in [0.29, 0.717) is 18.9 Å². The van der Waals surface area contributed by atoms with Crippen molar-refractivity contribution in [1.82, 2.24) is 9.62 Å². The highest BCUT2D eigenvalue weighted by Crippen LogP contribution is 2.26. The topological polar surface area (TPSA) is 66.5 Å². The van der Waals surface area contributed by atoms with Gasteiger partial charge in [-0.05, 0) is 44.4 Å². The van der Waals surface area contributed by atoms with Gasteiger partial charge in [-0.25, -0.2) is 17.2 Å². The second-order valence-corrected chi connectivity index (χ2v) is 7.98. The number of benzene rings is 1. The lowest BCUT2D eigenvalue weighted by Crippen LogP contribution is -2.44. The van der Waals surface area contributed by atoms with Crippen molar-refractivity contribution in [3.63, 3.8) is 0 Å². The van der Waals surface area contributed by atoms with Crippen LogP contribution in [-0.2, 0) is 14.8 Å². The number of carbonyl (C=O) groups is 1. The van der Waals surface area contributed by atoms with E-state index in [1.165, 1.54) is 0 Å². The molecule has 0 radical (unpaired) electrons. The summed E-state index contributed by atoms with van der Waals surface area (Å²) in [6.07, 6.45) is 1.54. The minimum Gasteiger partial charge on any atom is -0.353 e. The van der Waals surface area contributed by atoms with Gasteiger partial charge in [-0.15, -0.1) is 0 Å². The van der Waals surface area contributed by atoms with Crippen LogP contribution in [0.3, 0.4) is 0 Å². The number of piperidine rings is 1. The third-order valence-electron chi connectivity index (χ3n) is 4.34. The second-order valence-electron chi connectivity index (χ2n) is 6.07. The van der Waals surface area contributed by atoms with E-state index in [1.54, 1.807) is 0 Å². The van der Waals surface area contributed by atoms with Crippen molar-refractivity contribution in [2.75, 3.05) is 13.1 Å². The van der Waals surface area contributed by atoms with Gasteiger partial charge in [0.05, 0.1) is 0 Å². The van der Waals surface area contributed by atoms with Gasteiger partial charge in [0.2, 0.25) is 15.9 Å². The lowest BCUT2D eigenvalue weighted by atomic mass is 9.97. The number of halogens is 2. The van der Waals surface area contributed by atoms with Gasteiger partial charge in [0.25, 0.3) is 0 Å². The third kappa shape index (κ3) is 4.10. The first kappa shape index (κ1) is 18.8. The molecule has 1 aliphatic heterocycles. The van der Waals surface area contributed by atoms with Crippen LogP contribution in [0.25, 0.3) is 0 Å². The van der Waals surface area contributed by atoms with Crippen molar-refractivity contribution < 1.29 is 22.0 Å². The predicted molar refractivity (Wildman–Crippen MR) is 85.7 cm³/mol. The Morgan fingerprint density at radius 3 is 2.54 bits per heavy atom. The van der Waals surface area contributed by atoms with Crippen molar-refractivity contribution in [2.45, 2.75) is 44.0 Å². The summed E-state index contributed by atoms with van der Waals surface area (Å²) >= 11 is 0. The molecule has 134 valence electrons. The molecule has 5 nitrogen and oxygen atoms in total. The van der Waals surface area contributed by atoms with Crippen LogP contribution in [-0.4, -0.2) is 37.8 Å². The molecular weight excluding hydrogens is 338 g/mol. The summed E-state index contributed by atoms with van der Waals surface area (Å²) in [4.78, 5) is 11.4. The maximum Gasteiger partial charge on any atom is 0.246 e. The summed E-state index contributed by atoms with van der Waals surface area (Å²) in [5.41, 5.74) is 0. The van der Waals surface area contributed by atoms with Crippen LogP contribution in [0.1, 0.15) is 33.1 Å². The van der Waals surface area contributed by atoms with Gasteiger partial charge in [0.15, 0.2) is 0 Å². The smallest absolute Gasteiger partial charge is 0.246 e. The number of carbonyl (C=O) groups excluding carboxylic acids is 1. The van der Waals surface area contributed by atoms with Crippen LogP contribution in [0.4, 0.5) is 8.78 Å². The molecule has 0 unspecified atom stereocenters. The molecular formula is C16H22F2N2O3S. The van der Waals surface area contributed by atoms with E-state index in [4.69, 9.17) is 0 Å². The fourth-order valence-corrected chi connectivity index (χ4v) is 4.18.